The van der Waals surface area contributed by atoms with Gasteiger partial charge in [-0.05, 0) is 43.7 Å². The average molecular weight is 387 g/mol. The molecule has 1 aromatic carbocycles. The summed E-state index contributed by atoms with van der Waals surface area (Å²) in [6, 6.07) is 7.44. The minimum atomic E-state index is -0.566. The second-order valence-electron chi connectivity index (χ2n) is 7.64. The first kappa shape index (κ1) is 18.7. The molecule has 0 unspecified atom stereocenters. The molecule has 1 N–H and O–H groups in total. The Balaban J connectivity index is 1.39. The molecule has 4 atom stereocenters. The Kier molecular flexibility index (Phi) is 5.21. The van der Waals surface area contributed by atoms with Crippen molar-refractivity contribution in [3.63, 3.8) is 0 Å². The highest BCUT2D eigenvalue weighted by Gasteiger charge is 2.44. The number of aryl methyl sites for hydroxylation is 1. The van der Waals surface area contributed by atoms with E-state index in [1.807, 2.05) is 29.2 Å². The second kappa shape index (κ2) is 7.79. The molecule has 1 amide bonds. The van der Waals surface area contributed by atoms with Gasteiger partial charge in [0.25, 0.3) is 0 Å². The van der Waals surface area contributed by atoms with E-state index < -0.39 is 6.10 Å². The van der Waals surface area contributed by atoms with Crippen LogP contribution in [0.2, 0.25) is 0 Å². The molecule has 1 saturated carbocycles. The topological polar surface area (TPSA) is 97.9 Å². The van der Waals surface area contributed by atoms with Crippen LogP contribution in [0.4, 0.5) is 0 Å². The lowest BCUT2D eigenvalue weighted by Crippen LogP contribution is -2.42. The molecule has 1 aliphatic carbocycles. The van der Waals surface area contributed by atoms with Crippen molar-refractivity contribution in [3.05, 3.63) is 35.7 Å². The number of carbonyl (C=O) groups excluding carboxylic acids is 1. The van der Waals surface area contributed by atoms with E-state index in [-0.39, 0.29) is 24.3 Å². The molecule has 1 aliphatic heterocycles. The van der Waals surface area contributed by atoms with Crippen LogP contribution in [0.1, 0.15) is 24.2 Å². The molecule has 28 heavy (non-hydrogen) atoms. The number of amides is 1. The van der Waals surface area contributed by atoms with Gasteiger partial charge in [-0.3, -0.25) is 4.79 Å². The van der Waals surface area contributed by atoms with E-state index in [4.69, 9.17) is 9.47 Å². The molecular weight excluding hydrogens is 362 g/mol. The normalized spacial score (nSPS) is 26.8. The fourth-order valence-corrected chi connectivity index (χ4v) is 4.26. The first-order chi connectivity index (χ1) is 13.5. The number of ether oxygens (including phenoxy) is 2. The zero-order chi connectivity index (χ0) is 19.7. The van der Waals surface area contributed by atoms with E-state index in [2.05, 4.69) is 14.9 Å². The van der Waals surface area contributed by atoms with Gasteiger partial charge in [0.2, 0.25) is 5.91 Å². The van der Waals surface area contributed by atoms with E-state index in [9.17, 15) is 9.90 Å². The number of aliphatic hydroxyl groups is 1. The molecule has 1 aromatic heterocycles. The first-order valence-corrected chi connectivity index (χ1v) is 9.58. The lowest BCUT2D eigenvalue weighted by atomic mass is 9.78. The Labute approximate surface area is 163 Å². The number of aromatic nitrogens is 2. The van der Waals surface area contributed by atoms with Crippen LogP contribution < -0.4 is 9.47 Å². The number of carbonyl (C=O) groups is 1. The summed E-state index contributed by atoms with van der Waals surface area (Å²) in [5, 5.41) is 18.1. The molecule has 0 radical (unpaired) electrons. The third-order valence-electron chi connectivity index (χ3n) is 5.85. The van der Waals surface area contributed by atoms with Crippen LogP contribution in [0, 0.1) is 18.8 Å². The number of methoxy groups -OCH3 is 1. The minimum Gasteiger partial charge on any atom is -0.493 e. The standard InChI is InChI=1S/C20H25N3O5/c1-12-15(22-28-21-12)9-20(25)23-10-13-7-16(24)19(8-14(13)11-23)27-18-6-4-3-5-17(18)26-2/h3-6,13-14,16,19,24H,7-11H2,1-2H3/t13-,14+,16+,19+/m0/s1. The van der Waals surface area contributed by atoms with Gasteiger partial charge in [0.05, 0.1) is 19.6 Å². The van der Waals surface area contributed by atoms with Gasteiger partial charge in [-0.2, -0.15) is 0 Å². The minimum absolute atomic E-state index is 0.0184. The third kappa shape index (κ3) is 3.69. The summed E-state index contributed by atoms with van der Waals surface area (Å²) in [7, 11) is 1.60. The van der Waals surface area contributed by atoms with Crippen molar-refractivity contribution < 1.29 is 24.0 Å². The van der Waals surface area contributed by atoms with Gasteiger partial charge in [0.15, 0.2) is 11.5 Å². The number of hydrogen-bond donors (Lipinski definition) is 1. The number of aliphatic hydroxyl groups excluding tert-OH is 1. The van der Waals surface area contributed by atoms with Crippen molar-refractivity contribution in [2.45, 2.75) is 38.4 Å². The summed E-state index contributed by atoms with van der Waals surface area (Å²) in [5.74, 6) is 1.89. The van der Waals surface area contributed by atoms with E-state index in [1.54, 1.807) is 14.0 Å². The number of benzene rings is 1. The monoisotopic (exact) mass is 387 g/mol. The third-order valence-corrected chi connectivity index (χ3v) is 5.85. The van der Waals surface area contributed by atoms with Crippen molar-refractivity contribution in [3.8, 4) is 11.5 Å². The lowest BCUT2D eigenvalue weighted by molar-refractivity contribution is -0.129. The number of hydrogen-bond acceptors (Lipinski definition) is 7. The summed E-state index contributed by atoms with van der Waals surface area (Å²) >= 11 is 0. The Morgan fingerprint density at radius 1 is 1.21 bits per heavy atom. The Hall–Kier alpha value is -2.61. The molecule has 8 nitrogen and oxygen atoms in total. The van der Waals surface area contributed by atoms with Gasteiger partial charge in [-0.25, -0.2) is 4.63 Å². The van der Waals surface area contributed by atoms with Crippen LogP contribution in [0.5, 0.6) is 11.5 Å². The Bertz CT molecular complexity index is 839. The molecule has 2 aromatic rings. The van der Waals surface area contributed by atoms with Crippen molar-refractivity contribution >= 4 is 5.91 Å². The van der Waals surface area contributed by atoms with Gasteiger partial charge in [-0.1, -0.05) is 22.4 Å². The summed E-state index contributed by atoms with van der Waals surface area (Å²) in [6.45, 7) is 3.11. The van der Waals surface area contributed by atoms with Crippen molar-refractivity contribution in [2.24, 2.45) is 11.8 Å². The van der Waals surface area contributed by atoms with Crippen LogP contribution in [-0.2, 0) is 11.2 Å². The maximum Gasteiger partial charge on any atom is 0.228 e. The van der Waals surface area contributed by atoms with E-state index in [0.717, 1.165) is 0 Å². The summed E-state index contributed by atoms with van der Waals surface area (Å²) in [4.78, 5) is 14.5. The highest BCUT2D eigenvalue weighted by atomic mass is 16.6. The summed E-state index contributed by atoms with van der Waals surface area (Å²) in [5.41, 5.74) is 1.22. The fraction of sp³-hybridized carbons (Fsp3) is 0.550. The quantitative estimate of drug-likeness (QED) is 0.832. The molecule has 1 saturated heterocycles. The highest BCUT2D eigenvalue weighted by molar-refractivity contribution is 5.78. The van der Waals surface area contributed by atoms with Gasteiger partial charge < -0.3 is 19.5 Å². The zero-order valence-corrected chi connectivity index (χ0v) is 16.1. The molecule has 2 aliphatic rings. The largest absolute Gasteiger partial charge is 0.493 e. The Morgan fingerprint density at radius 2 is 1.93 bits per heavy atom. The number of likely N-dealkylation sites (tertiary alicyclic amines) is 1. The smallest absolute Gasteiger partial charge is 0.228 e. The average Bonchev–Trinajstić information content (AvgIpc) is 3.28. The molecule has 0 bridgehead atoms. The van der Waals surface area contributed by atoms with Gasteiger partial charge >= 0.3 is 0 Å². The number of rotatable bonds is 5. The second-order valence-corrected chi connectivity index (χ2v) is 7.64. The SMILES string of the molecule is COc1ccccc1O[C@@H]1C[C@@H]2CN(C(=O)Cc3nonc3C)C[C@@H]2C[C@H]1O. The number of para-hydroxylation sites is 2. The molecule has 150 valence electrons. The highest BCUT2D eigenvalue weighted by Crippen LogP contribution is 2.39. The predicted molar refractivity (Wildman–Crippen MR) is 98.9 cm³/mol. The lowest BCUT2D eigenvalue weighted by Gasteiger charge is -2.35. The van der Waals surface area contributed by atoms with Crippen LogP contribution in [0.15, 0.2) is 28.9 Å². The zero-order valence-electron chi connectivity index (χ0n) is 16.1. The van der Waals surface area contributed by atoms with E-state index >= 15 is 0 Å². The molecule has 4 rings (SSSR count). The maximum atomic E-state index is 12.7. The first-order valence-electron chi connectivity index (χ1n) is 9.58. The summed E-state index contributed by atoms with van der Waals surface area (Å²) in [6.07, 6.45) is 0.646. The van der Waals surface area contributed by atoms with E-state index in [0.29, 0.717) is 54.7 Å². The maximum absolute atomic E-state index is 12.7. The number of nitrogens with zero attached hydrogens (tertiary/aromatic N) is 3. The van der Waals surface area contributed by atoms with Crippen LogP contribution >= 0.6 is 0 Å². The molecule has 8 heteroatoms. The van der Waals surface area contributed by atoms with Crippen molar-refractivity contribution in [1.82, 2.24) is 15.2 Å². The van der Waals surface area contributed by atoms with Gasteiger partial charge in [-0.15, -0.1) is 0 Å². The summed E-state index contributed by atoms with van der Waals surface area (Å²) < 4.78 is 16.1. The fourth-order valence-electron chi connectivity index (χ4n) is 4.26. The number of fused-ring (bicyclic) bond motifs is 1. The molecule has 2 heterocycles. The van der Waals surface area contributed by atoms with Crippen LogP contribution in [0.3, 0.4) is 0 Å². The van der Waals surface area contributed by atoms with Crippen LogP contribution in [0.25, 0.3) is 0 Å². The van der Waals surface area contributed by atoms with Crippen molar-refractivity contribution in [2.75, 3.05) is 20.2 Å². The van der Waals surface area contributed by atoms with Gasteiger partial charge in [0.1, 0.15) is 17.5 Å². The van der Waals surface area contributed by atoms with Crippen molar-refractivity contribution in [1.29, 1.82) is 0 Å². The van der Waals surface area contributed by atoms with E-state index in [1.165, 1.54) is 0 Å². The van der Waals surface area contributed by atoms with Crippen LogP contribution in [-0.4, -0.2) is 58.6 Å². The molecule has 2 fully saturated rings. The molecule has 0 spiro atoms. The Morgan fingerprint density at radius 3 is 2.61 bits per heavy atom. The molecular formula is C20H25N3O5. The predicted octanol–water partition coefficient (Wildman–Crippen LogP) is 1.61. The van der Waals surface area contributed by atoms with Gasteiger partial charge in [0, 0.05) is 13.1 Å².